The highest BCUT2D eigenvalue weighted by molar-refractivity contribution is 6.46. The van der Waals surface area contributed by atoms with Crippen LogP contribution in [-0.2, 0) is 21.4 Å². The van der Waals surface area contributed by atoms with Gasteiger partial charge in [0.2, 0.25) is 0 Å². The molecule has 34 heavy (non-hydrogen) atoms. The largest absolute Gasteiger partial charge is 0.350 e. The standard InChI is InChI=1S/C30H32N2O2/c1-5-6-10-21-13-19-25(20-14-21)32-28(33)26(22-11-8-7-9-12-22)27(29(32)34)31-24-17-15-23(16-18-24)30(2,3)4/h7-9,11-20,31H,5-6,10H2,1-4H3. The third kappa shape index (κ3) is 4.81. The molecule has 4 heteroatoms. The Balaban J connectivity index is 1.69. The van der Waals surface area contributed by atoms with Gasteiger partial charge in [0.15, 0.2) is 0 Å². The molecule has 0 spiro atoms. The molecule has 4 rings (SSSR count). The Bertz CT molecular complexity index is 1200. The molecular formula is C30H32N2O2. The summed E-state index contributed by atoms with van der Waals surface area (Å²) in [6.45, 7) is 8.65. The van der Waals surface area contributed by atoms with Gasteiger partial charge in [0.25, 0.3) is 11.8 Å². The molecule has 0 unspecified atom stereocenters. The molecule has 0 radical (unpaired) electrons. The summed E-state index contributed by atoms with van der Waals surface area (Å²) in [5.41, 5.74) is 5.21. The highest BCUT2D eigenvalue weighted by Crippen LogP contribution is 2.34. The Morgan fingerprint density at radius 2 is 1.44 bits per heavy atom. The van der Waals surface area contributed by atoms with Crippen molar-refractivity contribution in [3.63, 3.8) is 0 Å². The van der Waals surface area contributed by atoms with Gasteiger partial charge in [0.1, 0.15) is 5.70 Å². The van der Waals surface area contributed by atoms with Crippen LogP contribution in [0.3, 0.4) is 0 Å². The van der Waals surface area contributed by atoms with Crippen LogP contribution in [0.1, 0.15) is 57.2 Å². The smallest absolute Gasteiger partial charge is 0.282 e. The fourth-order valence-electron chi connectivity index (χ4n) is 4.14. The lowest BCUT2D eigenvalue weighted by molar-refractivity contribution is -0.120. The van der Waals surface area contributed by atoms with Gasteiger partial charge in [-0.25, -0.2) is 4.90 Å². The van der Waals surface area contributed by atoms with Crippen LogP contribution in [0.25, 0.3) is 5.57 Å². The number of nitrogens with one attached hydrogen (secondary N) is 1. The number of carbonyl (C=O) groups excluding carboxylic acids is 2. The summed E-state index contributed by atoms with van der Waals surface area (Å²) in [5.74, 6) is -0.656. The van der Waals surface area contributed by atoms with Gasteiger partial charge >= 0.3 is 0 Å². The number of benzene rings is 3. The maximum Gasteiger partial charge on any atom is 0.282 e. The molecule has 1 heterocycles. The second kappa shape index (κ2) is 9.68. The lowest BCUT2D eigenvalue weighted by atomic mass is 9.87. The van der Waals surface area contributed by atoms with E-state index in [1.165, 1.54) is 16.0 Å². The van der Waals surface area contributed by atoms with E-state index in [1.54, 1.807) is 0 Å². The number of imide groups is 1. The highest BCUT2D eigenvalue weighted by atomic mass is 16.2. The number of anilines is 2. The third-order valence-corrected chi connectivity index (χ3v) is 6.18. The zero-order chi connectivity index (χ0) is 24.3. The summed E-state index contributed by atoms with van der Waals surface area (Å²) >= 11 is 0. The number of hydrogen-bond donors (Lipinski definition) is 1. The van der Waals surface area contributed by atoms with Crippen LogP contribution >= 0.6 is 0 Å². The van der Waals surface area contributed by atoms with Crippen molar-refractivity contribution in [1.82, 2.24) is 0 Å². The summed E-state index contributed by atoms with van der Waals surface area (Å²) in [4.78, 5) is 28.4. The molecule has 0 fully saturated rings. The number of carbonyl (C=O) groups is 2. The Morgan fingerprint density at radius 1 is 0.794 bits per heavy atom. The van der Waals surface area contributed by atoms with E-state index < -0.39 is 0 Å². The van der Waals surface area contributed by atoms with Gasteiger partial charge < -0.3 is 5.32 Å². The molecule has 0 aromatic heterocycles. The van der Waals surface area contributed by atoms with Crippen LogP contribution in [0.15, 0.2) is 84.6 Å². The van der Waals surface area contributed by atoms with Crippen LogP contribution in [0.5, 0.6) is 0 Å². The molecule has 0 atom stereocenters. The van der Waals surface area contributed by atoms with Crippen molar-refractivity contribution in [2.75, 3.05) is 10.2 Å². The Morgan fingerprint density at radius 3 is 2.03 bits per heavy atom. The first-order chi connectivity index (χ1) is 16.3. The molecule has 2 amide bonds. The van der Waals surface area contributed by atoms with Gasteiger partial charge in [-0.2, -0.15) is 0 Å². The van der Waals surface area contributed by atoms with Crippen molar-refractivity contribution in [2.45, 2.75) is 52.4 Å². The van der Waals surface area contributed by atoms with Crippen LogP contribution in [0.2, 0.25) is 0 Å². The van der Waals surface area contributed by atoms with Crippen LogP contribution in [-0.4, -0.2) is 11.8 Å². The molecule has 0 bridgehead atoms. The average molecular weight is 453 g/mol. The number of hydrogen-bond acceptors (Lipinski definition) is 3. The van der Waals surface area contributed by atoms with Gasteiger partial charge in [-0.15, -0.1) is 0 Å². The molecule has 1 N–H and O–H groups in total. The molecule has 174 valence electrons. The lowest BCUT2D eigenvalue weighted by Gasteiger charge is -2.19. The van der Waals surface area contributed by atoms with Gasteiger partial charge in [0, 0.05) is 5.69 Å². The maximum absolute atomic E-state index is 13.6. The zero-order valence-corrected chi connectivity index (χ0v) is 20.4. The number of unbranched alkanes of at least 4 members (excludes halogenated alkanes) is 1. The fourth-order valence-corrected chi connectivity index (χ4v) is 4.14. The van der Waals surface area contributed by atoms with E-state index in [4.69, 9.17) is 0 Å². The van der Waals surface area contributed by atoms with E-state index in [-0.39, 0.29) is 17.2 Å². The topological polar surface area (TPSA) is 49.4 Å². The molecule has 0 saturated heterocycles. The normalized spacial score (nSPS) is 14.2. The number of amides is 2. The predicted octanol–water partition coefficient (Wildman–Crippen LogP) is 6.72. The van der Waals surface area contributed by atoms with Crippen molar-refractivity contribution in [3.05, 3.63) is 101 Å². The van der Waals surface area contributed by atoms with Crippen molar-refractivity contribution in [3.8, 4) is 0 Å². The van der Waals surface area contributed by atoms with Gasteiger partial charge in [0.05, 0.1) is 11.3 Å². The third-order valence-electron chi connectivity index (χ3n) is 6.18. The minimum Gasteiger partial charge on any atom is -0.350 e. The highest BCUT2D eigenvalue weighted by Gasteiger charge is 2.40. The van der Waals surface area contributed by atoms with E-state index >= 15 is 0 Å². The molecule has 0 saturated carbocycles. The first kappa shape index (κ1) is 23.5. The molecular weight excluding hydrogens is 420 g/mol. The number of rotatable bonds is 7. The summed E-state index contributed by atoms with van der Waals surface area (Å²) in [7, 11) is 0. The molecule has 1 aliphatic rings. The van der Waals surface area contributed by atoms with Gasteiger partial charge in [-0.1, -0.05) is 88.7 Å². The summed E-state index contributed by atoms with van der Waals surface area (Å²) in [5, 5.41) is 3.25. The van der Waals surface area contributed by atoms with Crippen LogP contribution in [0.4, 0.5) is 11.4 Å². The van der Waals surface area contributed by atoms with Crippen molar-refractivity contribution in [2.24, 2.45) is 0 Å². The van der Waals surface area contributed by atoms with E-state index in [1.807, 2.05) is 66.7 Å². The second-order valence-electron chi connectivity index (χ2n) is 9.78. The quantitative estimate of drug-likeness (QED) is 0.405. The zero-order valence-electron chi connectivity index (χ0n) is 20.4. The summed E-state index contributed by atoms with van der Waals surface area (Å²) < 4.78 is 0. The Hall–Kier alpha value is -3.66. The van der Waals surface area contributed by atoms with Crippen molar-refractivity contribution in [1.29, 1.82) is 0 Å². The average Bonchev–Trinajstić information content (AvgIpc) is 3.07. The SMILES string of the molecule is CCCCc1ccc(N2C(=O)C(Nc3ccc(C(C)(C)C)cc3)=C(c3ccccc3)C2=O)cc1. The predicted molar refractivity (Wildman–Crippen MR) is 140 cm³/mol. The maximum atomic E-state index is 13.6. The minimum atomic E-state index is -0.343. The minimum absolute atomic E-state index is 0.0340. The second-order valence-corrected chi connectivity index (χ2v) is 9.78. The molecule has 3 aromatic rings. The van der Waals surface area contributed by atoms with E-state index in [9.17, 15) is 9.59 Å². The summed E-state index contributed by atoms with van der Waals surface area (Å²) in [6, 6.07) is 25.1. The molecule has 3 aromatic carbocycles. The van der Waals surface area contributed by atoms with E-state index in [0.717, 1.165) is 30.5 Å². The van der Waals surface area contributed by atoms with Crippen molar-refractivity contribution >= 4 is 28.8 Å². The first-order valence-corrected chi connectivity index (χ1v) is 11.9. The lowest BCUT2D eigenvalue weighted by Crippen LogP contribution is -2.32. The molecule has 4 nitrogen and oxygen atoms in total. The molecule has 0 aliphatic carbocycles. The van der Waals surface area contributed by atoms with E-state index in [0.29, 0.717) is 17.0 Å². The van der Waals surface area contributed by atoms with Crippen LogP contribution < -0.4 is 10.2 Å². The summed E-state index contributed by atoms with van der Waals surface area (Å²) in [6.07, 6.45) is 3.23. The van der Waals surface area contributed by atoms with Crippen LogP contribution in [0, 0.1) is 0 Å². The monoisotopic (exact) mass is 452 g/mol. The van der Waals surface area contributed by atoms with Gasteiger partial charge in [-0.3, -0.25) is 9.59 Å². The Labute approximate surface area is 202 Å². The van der Waals surface area contributed by atoms with E-state index in [2.05, 4.69) is 45.1 Å². The number of aryl methyl sites for hydroxylation is 1. The van der Waals surface area contributed by atoms with Gasteiger partial charge in [-0.05, 0) is 59.2 Å². The Kier molecular flexibility index (Phi) is 6.69. The van der Waals surface area contributed by atoms with Crippen molar-refractivity contribution < 1.29 is 9.59 Å². The number of nitrogens with zero attached hydrogens (tertiary/aromatic N) is 1. The fraction of sp³-hybridized carbons (Fsp3) is 0.267. The first-order valence-electron chi connectivity index (χ1n) is 11.9. The molecule has 1 aliphatic heterocycles.